The Bertz CT molecular complexity index is 568. The maximum atomic E-state index is 12.6. The molecule has 0 saturated heterocycles. The molecule has 1 aromatic rings. The number of nitrogens with one attached hydrogen (secondary N) is 1. The molecule has 0 aliphatic heterocycles. The molecule has 0 amide bonds. The number of unbranched alkanes of at least 4 members (excludes halogenated alkanes) is 1. The molecule has 0 aromatic heterocycles. The van der Waals surface area contributed by atoms with Gasteiger partial charge in [-0.3, -0.25) is 0 Å². The first-order valence-corrected chi connectivity index (χ1v) is 9.17. The van der Waals surface area contributed by atoms with Crippen LogP contribution in [0.5, 0.6) is 0 Å². The molecule has 0 fully saturated rings. The lowest BCUT2D eigenvalue weighted by Gasteiger charge is -2.18. The summed E-state index contributed by atoms with van der Waals surface area (Å²) >= 11 is 0. The largest absolute Gasteiger partial charge is 0.398 e. The quantitative estimate of drug-likeness (QED) is 0.723. The molecule has 1 unspecified atom stereocenters. The minimum atomic E-state index is -3.50. The zero-order valence-electron chi connectivity index (χ0n) is 13.6. The van der Waals surface area contributed by atoms with Crippen molar-refractivity contribution < 1.29 is 8.42 Å². The van der Waals surface area contributed by atoms with Crippen LogP contribution in [0.2, 0.25) is 0 Å². The molecular formula is C16H28N2O2S. The highest BCUT2D eigenvalue weighted by Gasteiger charge is 2.21. The maximum Gasteiger partial charge on any atom is 0.241 e. The van der Waals surface area contributed by atoms with Crippen LogP contribution in [-0.4, -0.2) is 15.0 Å². The van der Waals surface area contributed by atoms with E-state index in [1.54, 1.807) is 26.0 Å². The van der Waals surface area contributed by atoms with Gasteiger partial charge in [0.15, 0.2) is 0 Å². The lowest BCUT2D eigenvalue weighted by atomic mass is 10.00. The van der Waals surface area contributed by atoms with E-state index in [1.807, 2.05) is 0 Å². The number of rotatable bonds is 8. The van der Waals surface area contributed by atoms with Crippen LogP contribution in [0.4, 0.5) is 5.69 Å². The number of benzene rings is 1. The van der Waals surface area contributed by atoms with Gasteiger partial charge in [0.25, 0.3) is 0 Å². The van der Waals surface area contributed by atoms with Gasteiger partial charge in [-0.05, 0) is 43.4 Å². The van der Waals surface area contributed by atoms with E-state index in [1.165, 1.54) is 0 Å². The van der Waals surface area contributed by atoms with Gasteiger partial charge < -0.3 is 5.73 Å². The fourth-order valence-electron chi connectivity index (χ4n) is 2.50. The second kappa shape index (κ2) is 7.80. The normalized spacial score (nSPS) is 13.3. The summed E-state index contributed by atoms with van der Waals surface area (Å²) in [5.41, 5.74) is 7.72. The average molecular weight is 312 g/mol. The number of nitrogen functional groups attached to an aromatic ring is 1. The fraction of sp³-hybridized carbons (Fsp3) is 0.625. The Morgan fingerprint density at radius 3 is 2.48 bits per heavy atom. The third-order valence-electron chi connectivity index (χ3n) is 4.02. The van der Waals surface area contributed by atoms with E-state index in [4.69, 9.17) is 5.73 Å². The van der Waals surface area contributed by atoms with E-state index in [9.17, 15) is 8.42 Å². The Morgan fingerprint density at radius 2 is 1.90 bits per heavy atom. The van der Waals surface area contributed by atoms with Crippen LogP contribution in [0.25, 0.3) is 0 Å². The molecule has 0 saturated carbocycles. The summed E-state index contributed by atoms with van der Waals surface area (Å²) in [7, 11) is -3.50. The van der Waals surface area contributed by atoms with Gasteiger partial charge in [0.2, 0.25) is 10.0 Å². The molecule has 1 aromatic carbocycles. The fourth-order valence-corrected chi connectivity index (χ4v) is 4.11. The van der Waals surface area contributed by atoms with Crippen molar-refractivity contribution in [1.82, 2.24) is 4.72 Å². The first-order valence-electron chi connectivity index (χ1n) is 7.68. The molecule has 0 aliphatic carbocycles. The average Bonchev–Trinajstić information content (AvgIpc) is 2.43. The van der Waals surface area contributed by atoms with E-state index in [0.717, 1.165) is 31.2 Å². The minimum Gasteiger partial charge on any atom is -0.398 e. The van der Waals surface area contributed by atoms with Gasteiger partial charge in [-0.1, -0.05) is 39.2 Å². The molecule has 0 heterocycles. The zero-order valence-corrected chi connectivity index (χ0v) is 14.4. The third kappa shape index (κ3) is 4.71. The summed E-state index contributed by atoms with van der Waals surface area (Å²) in [6, 6.07) is 3.51. The van der Waals surface area contributed by atoms with Crippen molar-refractivity contribution in [2.24, 2.45) is 5.92 Å². The first-order chi connectivity index (χ1) is 9.83. The summed E-state index contributed by atoms with van der Waals surface area (Å²) in [6.07, 6.45) is 4.31. The second-order valence-corrected chi connectivity index (χ2v) is 7.40. The molecule has 1 rings (SSSR count). The molecule has 5 heteroatoms. The van der Waals surface area contributed by atoms with Crippen LogP contribution >= 0.6 is 0 Å². The molecule has 3 N–H and O–H groups in total. The Labute approximate surface area is 129 Å². The Kier molecular flexibility index (Phi) is 6.68. The highest BCUT2D eigenvalue weighted by Crippen LogP contribution is 2.25. The van der Waals surface area contributed by atoms with Crippen molar-refractivity contribution in [3.05, 3.63) is 23.3 Å². The molecule has 120 valence electrons. The summed E-state index contributed by atoms with van der Waals surface area (Å²) in [5, 5.41) is 0. The predicted molar refractivity (Wildman–Crippen MR) is 88.8 cm³/mol. The summed E-state index contributed by atoms with van der Waals surface area (Å²) in [6.45, 7) is 8.30. The molecule has 1 atom stereocenters. The van der Waals surface area contributed by atoms with Crippen molar-refractivity contribution >= 4 is 15.7 Å². The first kappa shape index (κ1) is 18.0. The van der Waals surface area contributed by atoms with Crippen LogP contribution in [0.3, 0.4) is 0 Å². The van der Waals surface area contributed by atoms with Crippen LogP contribution < -0.4 is 10.5 Å². The topological polar surface area (TPSA) is 72.2 Å². The number of aryl methyl sites for hydroxylation is 1. The van der Waals surface area contributed by atoms with Gasteiger partial charge in [-0.25, -0.2) is 13.1 Å². The number of anilines is 1. The SMILES string of the molecule is CCCCC(CC)CNS(=O)(=O)c1c(C)ccc(N)c1C. The maximum absolute atomic E-state index is 12.6. The number of nitrogens with two attached hydrogens (primary N) is 1. The van der Waals surface area contributed by atoms with Crippen molar-refractivity contribution in [2.75, 3.05) is 12.3 Å². The van der Waals surface area contributed by atoms with Crippen LogP contribution in [0.15, 0.2) is 17.0 Å². The standard InChI is InChI=1S/C16H28N2O2S/c1-5-7-8-14(6-2)11-18-21(19,20)16-12(3)9-10-15(17)13(16)4/h9-10,14,18H,5-8,11,17H2,1-4H3. The van der Waals surface area contributed by atoms with Gasteiger partial charge in [0.1, 0.15) is 0 Å². The molecule has 21 heavy (non-hydrogen) atoms. The van der Waals surface area contributed by atoms with E-state index < -0.39 is 10.0 Å². The van der Waals surface area contributed by atoms with E-state index in [2.05, 4.69) is 18.6 Å². The van der Waals surface area contributed by atoms with Gasteiger partial charge in [0.05, 0.1) is 4.90 Å². The lowest BCUT2D eigenvalue weighted by Crippen LogP contribution is -2.30. The number of hydrogen-bond donors (Lipinski definition) is 2. The highest BCUT2D eigenvalue weighted by atomic mass is 32.2. The number of sulfonamides is 1. The van der Waals surface area contributed by atoms with Gasteiger partial charge in [0, 0.05) is 12.2 Å². The van der Waals surface area contributed by atoms with Gasteiger partial charge in [-0.2, -0.15) is 0 Å². The van der Waals surface area contributed by atoms with Gasteiger partial charge in [-0.15, -0.1) is 0 Å². The molecule has 0 bridgehead atoms. The second-order valence-electron chi connectivity index (χ2n) is 5.69. The minimum absolute atomic E-state index is 0.327. The summed E-state index contributed by atoms with van der Waals surface area (Å²) < 4.78 is 27.9. The Hall–Kier alpha value is -1.07. The molecular weight excluding hydrogens is 284 g/mol. The van der Waals surface area contributed by atoms with Crippen LogP contribution in [0, 0.1) is 19.8 Å². The molecule has 0 radical (unpaired) electrons. The Morgan fingerprint density at radius 1 is 1.24 bits per heavy atom. The summed E-state index contributed by atoms with van der Waals surface area (Å²) in [5.74, 6) is 0.390. The third-order valence-corrected chi connectivity index (χ3v) is 5.73. The zero-order chi connectivity index (χ0) is 16.0. The van der Waals surface area contributed by atoms with E-state index in [-0.39, 0.29) is 0 Å². The lowest BCUT2D eigenvalue weighted by molar-refractivity contribution is 0.443. The molecule has 4 nitrogen and oxygen atoms in total. The van der Waals surface area contributed by atoms with Gasteiger partial charge >= 0.3 is 0 Å². The van der Waals surface area contributed by atoms with Crippen molar-refractivity contribution in [2.45, 2.75) is 58.3 Å². The van der Waals surface area contributed by atoms with Crippen molar-refractivity contribution in [1.29, 1.82) is 0 Å². The van der Waals surface area contributed by atoms with Crippen LogP contribution in [0.1, 0.15) is 50.7 Å². The monoisotopic (exact) mass is 312 g/mol. The smallest absolute Gasteiger partial charge is 0.241 e. The predicted octanol–water partition coefficient (Wildman–Crippen LogP) is 3.38. The van der Waals surface area contributed by atoms with E-state index in [0.29, 0.717) is 28.6 Å². The highest BCUT2D eigenvalue weighted by molar-refractivity contribution is 7.89. The van der Waals surface area contributed by atoms with Crippen LogP contribution in [-0.2, 0) is 10.0 Å². The van der Waals surface area contributed by atoms with Crippen molar-refractivity contribution in [3.63, 3.8) is 0 Å². The summed E-state index contributed by atoms with van der Waals surface area (Å²) in [4.78, 5) is 0.327. The number of hydrogen-bond acceptors (Lipinski definition) is 3. The molecule has 0 aliphatic rings. The van der Waals surface area contributed by atoms with Crippen molar-refractivity contribution in [3.8, 4) is 0 Å². The molecule has 0 spiro atoms. The van der Waals surface area contributed by atoms with E-state index >= 15 is 0 Å². The Balaban J connectivity index is 2.90.